The van der Waals surface area contributed by atoms with E-state index in [0.717, 1.165) is 74.7 Å². The van der Waals surface area contributed by atoms with E-state index in [2.05, 4.69) is 20.4 Å². The lowest BCUT2D eigenvalue weighted by Crippen LogP contribution is -2.47. The van der Waals surface area contributed by atoms with Gasteiger partial charge < -0.3 is 30.1 Å². The van der Waals surface area contributed by atoms with Crippen molar-refractivity contribution in [1.82, 2.24) is 10.2 Å². The number of aryl methyl sites for hydroxylation is 1. The van der Waals surface area contributed by atoms with Crippen molar-refractivity contribution in [2.24, 2.45) is 5.92 Å². The third-order valence-electron chi connectivity index (χ3n) is 7.30. The summed E-state index contributed by atoms with van der Waals surface area (Å²) in [6, 6.07) is 12.6. The van der Waals surface area contributed by atoms with Crippen LogP contribution in [0.4, 0.5) is 11.4 Å². The molecule has 1 unspecified atom stereocenters. The summed E-state index contributed by atoms with van der Waals surface area (Å²) in [5.41, 5.74) is 2.95. The van der Waals surface area contributed by atoms with Crippen molar-refractivity contribution in [3.8, 4) is 11.5 Å². The van der Waals surface area contributed by atoms with Gasteiger partial charge in [0.2, 0.25) is 5.91 Å². The first-order valence-electron chi connectivity index (χ1n) is 14.1. The van der Waals surface area contributed by atoms with Crippen LogP contribution >= 0.6 is 0 Å². The van der Waals surface area contributed by atoms with Gasteiger partial charge in [0.05, 0.1) is 12.3 Å². The van der Waals surface area contributed by atoms with Crippen molar-refractivity contribution in [3.63, 3.8) is 0 Å². The van der Waals surface area contributed by atoms with Gasteiger partial charge in [0.1, 0.15) is 17.5 Å². The maximum atomic E-state index is 12.3. The SMILES string of the molecule is CC(C)C(NC(=O)COc1ccccc1N1CCN(CCCCOc2ccc3c(c2)NC(=O)CC3)CC1)C(=O)O. The van der Waals surface area contributed by atoms with Gasteiger partial charge in [-0.2, -0.15) is 0 Å². The smallest absolute Gasteiger partial charge is 0.326 e. The number of ether oxygens (including phenoxy) is 2. The Kier molecular flexibility index (Phi) is 10.2. The second-order valence-corrected chi connectivity index (χ2v) is 10.6. The van der Waals surface area contributed by atoms with Gasteiger partial charge in [0.15, 0.2) is 6.61 Å². The Labute approximate surface area is 235 Å². The van der Waals surface area contributed by atoms with Gasteiger partial charge in [-0.1, -0.05) is 32.0 Å². The number of carboxylic acids is 1. The summed E-state index contributed by atoms with van der Waals surface area (Å²) >= 11 is 0. The average molecular weight is 553 g/mol. The van der Waals surface area contributed by atoms with Crippen LogP contribution in [-0.2, 0) is 20.8 Å². The molecule has 0 spiro atoms. The predicted molar refractivity (Wildman–Crippen MR) is 153 cm³/mol. The highest BCUT2D eigenvalue weighted by molar-refractivity contribution is 5.94. The quantitative estimate of drug-likeness (QED) is 0.324. The molecule has 10 nitrogen and oxygen atoms in total. The number of fused-ring (bicyclic) bond motifs is 1. The van der Waals surface area contributed by atoms with E-state index in [4.69, 9.17) is 9.47 Å². The molecule has 0 aromatic heterocycles. The lowest BCUT2D eigenvalue weighted by molar-refractivity contribution is -0.143. The molecule has 2 amide bonds. The molecule has 216 valence electrons. The average Bonchev–Trinajstić information content (AvgIpc) is 2.94. The minimum atomic E-state index is -1.06. The number of nitrogens with zero attached hydrogens (tertiary/aromatic N) is 2. The van der Waals surface area contributed by atoms with Crippen molar-refractivity contribution in [1.29, 1.82) is 0 Å². The Morgan fingerprint density at radius 3 is 2.55 bits per heavy atom. The highest BCUT2D eigenvalue weighted by Gasteiger charge is 2.24. The number of rotatable bonds is 13. The summed E-state index contributed by atoms with van der Waals surface area (Å²) in [6.45, 7) is 8.44. The van der Waals surface area contributed by atoms with Gasteiger partial charge in [-0.3, -0.25) is 14.5 Å². The number of unbranched alkanes of at least 4 members (excludes halogenated alkanes) is 1. The molecule has 2 aliphatic heterocycles. The molecule has 2 aliphatic rings. The predicted octanol–water partition coefficient (Wildman–Crippen LogP) is 3.16. The fourth-order valence-corrected chi connectivity index (χ4v) is 4.99. The maximum Gasteiger partial charge on any atom is 0.326 e. The lowest BCUT2D eigenvalue weighted by atomic mass is 10.0. The van der Waals surface area contributed by atoms with Crippen LogP contribution in [-0.4, -0.2) is 79.8 Å². The number of anilines is 2. The molecule has 1 atom stereocenters. The van der Waals surface area contributed by atoms with E-state index in [9.17, 15) is 19.5 Å². The van der Waals surface area contributed by atoms with E-state index in [1.54, 1.807) is 13.8 Å². The molecular formula is C30H40N4O6. The number of para-hydroxylation sites is 2. The molecule has 3 N–H and O–H groups in total. The zero-order valence-corrected chi connectivity index (χ0v) is 23.4. The molecule has 0 aliphatic carbocycles. The molecule has 2 aromatic rings. The van der Waals surface area contributed by atoms with Crippen LogP contribution in [0.3, 0.4) is 0 Å². The van der Waals surface area contributed by atoms with Crippen molar-refractivity contribution in [2.75, 3.05) is 56.2 Å². The number of nitrogens with one attached hydrogen (secondary N) is 2. The summed E-state index contributed by atoms with van der Waals surface area (Å²) in [7, 11) is 0. The maximum absolute atomic E-state index is 12.3. The van der Waals surface area contributed by atoms with Crippen LogP contribution in [0.25, 0.3) is 0 Å². The largest absolute Gasteiger partial charge is 0.494 e. The van der Waals surface area contributed by atoms with Gasteiger partial charge in [-0.15, -0.1) is 0 Å². The van der Waals surface area contributed by atoms with E-state index >= 15 is 0 Å². The molecular weight excluding hydrogens is 512 g/mol. The van der Waals surface area contributed by atoms with Crippen molar-refractivity contribution in [2.45, 2.75) is 45.6 Å². The molecule has 4 rings (SSSR count). The fraction of sp³-hybridized carbons (Fsp3) is 0.500. The monoisotopic (exact) mass is 552 g/mol. The van der Waals surface area contributed by atoms with Gasteiger partial charge in [0.25, 0.3) is 5.91 Å². The molecule has 10 heteroatoms. The topological polar surface area (TPSA) is 120 Å². The van der Waals surface area contributed by atoms with Crippen molar-refractivity contribution >= 4 is 29.2 Å². The first-order chi connectivity index (χ1) is 19.3. The van der Waals surface area contributed by atoms with E-state index in [1.165, 1.54) is 0 Å². The number of hydrogen-bond donors (Lipinski definition) is 3. The molecule has 0 bridgehead atoms. The Morgan fingerprint density at radius 1 is 1.02 bits per heavy atom. The number of carboxylic acid groups (broad SMARTS) is 1. The highest BCUT2D eigenvalue weighted by atomic mass is 16.5. The first-order valence-corrected chi connectivity index (χ1v) is 14.1. The zero-order chi connectivity index (χ0) is 28.5. The highest BCUT2D eigenvalue weighted by Crippen LogP contribution is 2.29. The standard InChI is InChI=1S/C30H40N4O6/c1-21(2)29(30(37)38)32-28(36)20-40-26-8-4-3-7-25(26)34-16-14-33(15-17-34)13-5-6-18-39-23-11-9-22-10-12-27(35)31-24(22)19-23/h3-4,7-9,11,19,21,29H,5-6,10,12-18,20H2,1-2H3,(H,31,35)(H,32,36)(H,37,38). The van der Waals surface area contributed by atoms with Gasteiger partial charge in [-0.05, 0) is 55.5 Å². The first kappa shape index (κ1) is 29.2. The van der Waals surface area contributed by atoms with E-state index in [-0.39, 0.29) is 18.4 Å². The normalized spacial score (nSPS) is 16.2. The number of carbonyl (C=O) groups excluding carboxylic acids is 2. The van der Waals surface area contributed by atoms with Gasteiger partial charge in [0, 0.05) is 44.4 Å². The van der Waals surface area contributed by atoms with Crippen LogP contribution in [0.2, 0.25) is 0 Å². The van der Waals surface area contributed by atoms with Crippen LogP contribution in [0.5, 0.6) is 11.5 Å². The number of carbonyl (C=O) groups is 3. The third-order valence-corrected chi connectivity index (χ3v) is 7.30. The number of benzene rings is 2. The Hall–Kier alpha value is -3.79. The summed E-state index contributed by atoms with van der Waals surface area (Å²) < 4.78 is 11.7. The Bertz CT molecular complexity index is 1180. The Morgan fingerprint density at radius 2 is 1.80 bits per heavy atom. The third kappa shape index (κ3) is 8.11. The molecule has 2 heterocycles. The summed E-state index contributed by atoms with van der Waals surface area (Å²) in [6.07, 6.45) is 3.29. The molecule has 1 fully saturated rings. The van der Waals surface area contributed by atoms with Gasteiger partial charge >= 0.3 is 5.97 Å². The summed E-state index contributed by atoms with van der Waals surface area (Å²) in [5, 5.41) is 14.8. The fourth-order valence-electron chi connectivity index (χ4n) is 4.99. The number of aliphatic carboxylic acids is 1. The van der Waals surface area contributed by atoms with Crippen LogP contribution in [0.1, 0.15) is 38.7 Å². The molecule has 40 heavy (non-hydrogen) atoms. The van der Waals surface area contributed by atoms with Crippen molar-refractivity contribution < 1.29 is 29.0 Å². The van der Waals surface area contributed by atoms with Crippen molar-refractivity contribution in [3.05, 3.63) is 48.0 Å². The lowest BCUT2D eigenvalue weighted by Gasteiger charge is -2.36. The van der Waals surface area contributed by atoms with E-state index < -0.39 is 17.9 Å². The number of piperazine rings is 1. The van der Waals surface area contributed by atoms with Crippen LogP contribution in [0, 0.1) is 5.92 Å². The summed E-state index contributed by atoms with van der Waals surface area (Å²) in [5.74, 6) is -0.280. The summed E-state index contributed by atoms with van der Waals surface area (Å²) in [4.78, 5) is 40.0. The minimum Gasteiger partial charge on any atom is -0.494 e. The number of hydrogen-bond acceptors (Lipinski definition) is 7. The second-order valence-electron chi connectivity index (χ2n) is 10.6. The van der Waals surface area contributed by atoms with E-state index in [0.29, 0.717) is 18.8 Å². The minimum absolute atomic E-state index is 0.0564. The van der Waals surface area contributed by atoms with E-state index in [1.807, 2.05) is 42.5 Å². The zero-order valence-electron chi connectivity index (χ0n) is 23.4. The number of amides is 2. The second kappa shape index (κ2) is 14.0. The molecule has 0 radical (unpaired) electrons. The molecule has 0 saturated carbocycles. The van der Waals surface area contributed by atoms with Gasteiger partial charge in [-0.25, -0.2) is 4.79 Å². The Balaban J connectivity index is 1.16. The molecule has 1 saturated heterocycles. The van der Waals surface area contributed by atoms with Crippen LogP contribution < -0.4 is 25.0 Å². The molecule has 2 aromatic carbocycles. The van der Waals surface area contributed by atoms with Crippen LogP contribution in [0.15, 0.2) is 42.5 Å².